The van der Waals surface area contributed by atoms with Gasteiger partial charge in [0.2, 0.25) is 0 Å². The maximum atomic E-state index is 12.3. The van der Waals surface area contributed by atoms with Crippen LogP contribution in [0.3, 0.4) is 0 Å². The minimum absolute atomic E-state index is 0.0219. The number of benzene rings is 3. The van der Waals surface area contributed by atoms with Crippen molar-refractivity contribution in [1.82, 2.24) is 16.2 Å². The zero-order valence-corrected chi connectivity index (χ0v) is 19.0. The summed E-state index contributed by atoms with van der Waals surface area (Å²) in [4.78, 5) is 24.7. The zero-order valence-electron chi connectivity index (χ0n) is 18.2. The molecule has 0 aliphatic heterocycles. The summed E-state index contributed by atoms with van der Waals surface area (Å²) in [6.07, 6.45) is 0. The van der Waals surface area contributed by atoms with Crippen molar-refractivity contribution in [2.24, 2.45) is 0 Å². The second kappa shape index (κ2) is 12.3. The number of carbonyl (C=O) groups is 2. The molecule has 7 nitrogen and oxygen atoms in total. The van der Waals surface area contributed by atoms with Gasteiger partial charge < -0.3 is 9.47 Å². The fraction of sp³-hybridized carbons (Fsp3) is 0.160. The second-order valence-electron chi connectivity index (χ2n) is 6.88. The van der Waals surface area contributed by atoms with Crippen LogP contribution in [0.5, 0.6) is 5.75 Å². The van der Waals surface area contributed by atoms with Gasteiger partial charge in [0.15, 0.2) is 5.11 Å². The number of hydrogen-bond donors (Lipinski definition) is 3. The Morgan fingerprint density at radius 2 is 1.36 bits per heavy atom. The summed E-state index contributed by atoms with van der Waals surface area (Å²) >= 11 is 5.09. The van der Waals surface area contributed by atoms with Crippen molar-refractivity contribution in [3.63, 3.8) is 0 Å². The molecule has 33 heavy (non-hydrogen) atoms. The molecule has 170 valence electrons. The number of carbonyl (C=O) groups excluding carboxylic acids is 2. The van der Waals surface area contributed by atoms with Gasteiger partial charge in [0.1, 0.15) is 12.4 Å². The molecular weight excluding hydrogens is 438 g/mol. The van der Waals surface area contributed by atoms with E-state index >= 15 is 0 Å². The molecule has 3 rings (SSSR count). The van der Waals surface area contributed by atoms with Crippen molar-refractivity contribution >= 4 is 29.1 Å². The summed E-state index contributed by atoms with van der Waals surface area (Å²) in [5.74, 6) is -0.146. The molecule has 0 fully saturated rings. The Morgan fingerprint density at radius 1 is 0.758 bits per heavy atom. The summed E-state index contributed by atoms with van der Waals surface area (Å²) in [6, 6.07) is 23.7. The first-order valence-electron chi connectivity index (χ1n) is 10.4. The average molecular weight is 464 g/mol. The van der Waals surface area contributed by atoms with Gasteiger partial charge in [-0.25, -0.2) is 0 Å². The smallest absolute Gasteiger partial charge is 0.269 e. The standard InChI is InChI=1S/C25H25N3O4S/c1-2-31-16-17-32-22-14-12-20(13-15-22)23(29)26-25(33)28-27-24(30)21-10-8-19(9-11-21)18-6-4-3-5-7-18/h3-15H,2,16-17H2,1H3,(H,27,30)(H2,26,28,29,33). The number of thiocarbonyl (C=S) groups is 1. The van der Waals surface area contributed by atoms with Crippen LogP contribution < -0.4 is 20.9 Å². The van der Waals surface area contributed by atoms with Crippen molar-refractivity contribution in [2.45, 2.75) is 6.92 Å². The summed E-state index contributed by atoms with van der Waals surface area (Å²) in [7, 11) is 0. The third-order valence-electron chi connectivity index (χ3n) is 4.59. The van der Waals surface area contributed by atoms with Crippen LogP contribution in [0.25, 0.3) is 11.1 Å². The number of hydrogen-bond acceptors (Lipinski definition) is 5. The van der Waals surface area contributed by atoms with E-state index in [0.717, 1.165) is 11.1 Å². The molecule has 0 heterocycles. The van der Waals surface area contributed by atoms with Crippen molar-refractivity contribution < 1.29 is 19.1 Å². The highest BCUT2D eigenvalue weighted by Gasteiger charge is 2.10. The van der Waals surface area contributed by atoms with Crippen LogP contribution in [0.1, 0.15) is 27.6 Å². The van der Waals surface area contributed by atoms with Gasteiger partial charge in [-0.2, -0.15) is 0 Å². The maximum absolute atomic E-state index is 12.3. The molecule has 0 aromatic heterocycles. The van der Waals surface area contributed by atoms with Crippen LogP contribution in [0.4, 0.5) is 0 Å². The van der Waals surface area contributed by atoms with Gasteiger partial charge in [-0.3, -0.25) is 25.8 Å². The molecular formula is C25H25N3O4S. The quantitative estimate of drug-likeness (QED) is 0.268. The number of amides is 2. The first kappa shape index (κ1) is 23.9. The Bertz CT molecular complexity index is 1070. The molecule has 3 aromatic carbocycles. The number of rotatable bonds is 8. The van der Waals surface area contributed by atoms with E-state index in [4.69, 9.17) is 21.7 Å². The normalized spacial score (nSPS) is 10.2. The number of ether oxygens (including phenoxy) is 2. The average Bonchev–Trinajstić information content (AvgIpc) is 2.86. The molecule has 0 saturated heterocycles. The highest BCUT2D eigenvalue weighted by molar-refractivity contribution is 7.80. The predicted octanol–water partition coefficient (Wildman–Crippen LogP) is 3.72. The van der Waals surface area contributed by atoms with Gasteiger partial charge in [-0.15, -0.1) is 0 Å². The Labute approximate surface area is 198 Å². The van der Waals surface area contributed by atoms with Crippen molar-refractivity contribution in [2.75, 3.05) is 19.8 Å². The van der Waals surface area contributed by atoms with Gasteiger partial charge in [-0.05, 0) is 66.7 Å². The lowest BCUT2D eigenvalue weighted by atomic mass is 10.0. The van der Waals surface area contributed by atoms with Gasteiger partial charge in [0, 0.05) is 17.7 Å². The van der Waals surface area contributed by atoms with E-state index in [-0.39, 0.29) is 11.0 Å². The molecule has 0 saturated carbocycles. The third kappa shape index (κ3) is 7.41. The summed E-state index contributed by atoms with van der Waals surface area (Å²) in [5.41, 5.74) is 7.95. The topological polar surface area (TPSA) is 88.7 Å². The van der Waals surface area contributed by atoms with E-state index in [1.807, 2.05) is 49.4 Å². The Morgan fingerprint density at radius 3 is 2.03 bits per heavy atom. The molecule has 0 radical (unpaired) electrons. The number of hydrazine groups is 1. The van der Waals surface area contributed by atoms with Gasteiger partial charge in [-0.1, -0.05) is 42.5 Å². The molecule has 0 unspecified atom stereocenters. The highest BCUT2D eigenvalue weighted by atomic mass is 32.1. The monoisotopic (exact) mass is 463 g/mol. The largest absolute Gasteiger partial charge is 0.491 e. The molecule has 8 heteroatoms. The zero-order chi connectivity index (χ0) is 23.5. The predicted molar refractivity (Wildman–Crippen MR) is 131 cm³/mol. The first-order chi connectivity index (χ1) is 16.1. The maximum Gasteiger partial charge on any atom is 0.269 e. The molecule has 0 aliphatic carbocycles. The Kier molecular flexibility index (Phi) is 8.93. The Balaban J connectivity index is 1.44. The molecule has 0 spiro atoms. The number of nitrogens with one attached hydrogen (secondary N) is 3. The molecule has 0 atom stereocenters. The van der Waals surface area contributed by atoms with Crippen LogP contribution in [-0.4, -0.2) is 36.7 Å². The van der Waals surface area contributed by atoms with E-state index in [9.17, 15) is 9.59 Å². The lowest BCUT2D eigenvalue weighted by molar-refractivity contribution is 0.0934. The fourth-order valence-corrected chi connectivity index (χ4v) is 3.05. The van der Waals surface area contributed by atoms with E-state index in [2.05, 4.69) is 16.2 Å². The van der Waals surface area contributed by atoms with E-state index in [1.54, 1.807) is 36.4 Å². The van der Waals surface area contributed by atoms with Crippen LogP contribution >= 0.6 is 12.2 Å². The lowest BCUT2D eigenvalue weighted by Crippen LogP contribution is -2.48. The summed E-state index contributed by atoms with van der Waals surface area (Å²) < 4.78 is 10.7. The van der Waals surface area contributed by atoms with Crippen molar-refractivity contribution in [3.8, 4) is 16.9 Å². The molecule has 3 aromatic rings. The highest BCUT2D eigenvalue weighted by Crippen LogP contribution is 2.19. The lowest BCUT2D eigenvalue weighted by Gasteiger charge is -2.11. The molecule has 0 aliphatic rings. The van der Waals surface area contributed by atoms with Gasteiger partial charge >= 0.3 is 0 Å². The van der Waals surface area contributed by atoms with Crippen LogP contribution in [0, 0.1) is 0 Å². The van der Waals surface area contributed by atoms with Crippen LogP contribution in [-0.2, 0) is 4.74 Å². The first-order valence-corrected chi connectivity index (χ1v) is 10.9. The van der Waals surface area contributed by atoms with Crippen molar-refractivity contribution in [1.29, 1.82) is 0 Å². The summed E-state index contributed by atoms with van der Waals surface area (Å²) in [6.45, 7) is 3.49. The Hall–Kier alpha value is -3.75. The van der Waals surface area contributed by atoms with Crippen molar-refractivity contribution in [3.05, 3.63) is 90.0 Å². The van der Waals surface area contributed by atoms with E-state index in [1.165, 1.54) is 0 Å². The molecule has 0 bridgehead atoms. The molecule has 2 amide bonds. The van der Waals surface area contributed by atoms with Gasteiger partial charge in [0.05, 0.1) is 6.61 Å². The minimum Gasteiger partial charge on any atom is -0.491 e. The summed E-state index contributed by atoms with van der Waals surface area (Å²) in [5, 5.41) is 2.50. The molecule has 3 N–H and O–H groups in total. The second-order valence-corrected chi connectivity index (χ2v) is 7.28. The minimum atomic E-state index is -0.408. The fourth-order valence-electron chi connectivity index (χ4n) is 2.90. The van der Waals surface area contributed by atoms with Crippen LogP contribution in [0.15, 0.2) is 78.9 Å². The third-order valence-corrected chi connectivity index (χ3v) is 4.79. The van der Waals surface area contributed by atoms with Crippen LogP contribution in [0.2, 0.25) is 0 Å². The van der Waals surface area contributed by atoms with Gasteiger partial charge in [0.25, 0.3) is 11.8 Å². The van der Waals surface area contributed by atoms with E-state index in [0.29, 0.717) is 36.7 Å². The van der Waals surface area contributed by atoms with E-state index < -0.39 is 5.91 Å². The SMILES string of the molecule is CCOCCOc1ccc(C(=O)NC(=S)NNC(=O)c2ccc(-c3ccccc3)cc2)cc1.